The summed E-state index contributed by atoms with van der Waals surface area (Å²) in [5.74, 6) is -0.0598. The topological polar surface area (TPSA) is 89.2 Å². The van der Waals surface area contributed by atoms with E-state index in [0.717, 1.165) is 0 Å². The summed E-state index contributed by atoms with van der Waals surface area (Å²) in [5.41, 5.74) is 0.249. The summed E-state index contributed by atoms with van der Waals surface area (Å²) in [6.45, 7) is 2.34. The minimum absolute atomic E-state index is 0.195. The Hall–Kier alpha value is -2.57. The first-order valence-corrected chi connectivity index (χ1v) is 5.79. The number of aromatic nitrogens is 2. The number of amides is 2. The van der Waals surface area contributed by atoms with Crippen LogP contribution < -0.4 is 10.6 Å². The average molecular weight is 262 g/mol. The maximum Gasteiger partial charge on any atom is 0.292 e. The van der Waals surface area contributed by atoms with Crippen molar-refractivity contribution in [3.63, 3.8) is 0 Å². The van der Waals surface area contributed by atoms with Crippen molar-refractivity contribution in [2.75, 3.05) is 11.9 Å². The van der Waals surface area contributed by atoms with Crippen LogP contribution in [-0.2, 0) is 7.05 Å². The van der Waals surface area contributed by atoms with Crippen molar-refractivity contribution in [1.82, 2.24) is 15.1 Å². The molecule has 2 rings (SSSR count). The Kier molecular flexibility index (Phi) is 3.65. The molecule has 0 atom stereocenters. The van der Waals surface area contributed by atoms with Crippen molar-refractivity contribution in [3.05, 3.63) is 35.9 Å². The van der Waals surface area contributed by atoms with Gasteiger partial charge in [0.05, 0.1) is 6.26 Å². The molecular formula is C12H14N4O3. The van der Waals surface area contributed by atoms with E-state index in [1.54, 1.807) is 19.2 Å². The monoisotopic (exact) mass is 262 g/mol. The second-order valence-electron chi connectivity index (χ2n) is 3.83. The second-order valence-corrected chi connectivity index (χ2v) is 3.83. The van der Waals surface area contributed by atoms with Crippen molar-refractivity contribution in [3.8, 4) is 0 Å². The van der Waals surface area contributed by atoms with Crippen molar-refractivity contribution in [2.45, 2.75) is 6.92 Å². The molecule has 2 N–H and O–H groups in total. The number of carbonyl (C=O) groups is 2. The predicted molar refractivity (Wildman–Crippen MR) is 67.9 cm³/mol. The number of hydrogen-bond donors (Lipinski definition) is 2. The van der Waals surface area contributed by atoms with E-state index in [-0.39, 0.29) is 17.4 Å². The zero-order valence-electron chi connectivity index (χ0n) is 10.6. The Bertz CT molecular complexity index is 586. The number of aryl methyl sites for hydroxylation is 1. The molecule has 100 valence electrons. The fourth-order valence-electron chi connectivity index (χ4n) is 1.53. The van der Waals surface area contributed by atoms with Crippen molar-refractivity contribution >= 4 is 17.6 Å². The maximum absolute atomic E-state index is 11.8. The van der Waals surface area contributed by atoms with Gasteiger partial charge < -0.3 is 15.1 Å². The number of furan rings is 1. The van der Waals surface area contributed by atoms with E-state index in [0.29, 0.717) is 12.4 Å². The molecule has 7 heteroatoms. The van der Waals surface area contributed by atoms with Crippen LogP contribution in [0.5, 0.6) is 0 Å². The highest BCUT2D eigenvalue weighted by atomic mass is 16.3. The molecule has 0 aliphatic heterocycles. The van der Waals surface area contributed by atoms with Crippen LogP contribution >= 0.6 is 0 Å². The predicted octanol–water partition coefficient (Wildman–Crippen LogP) is 1.02. The van der Waals surface area contributed by atoms with E-state index < -0.39 is 5.91 Å². The first kappa shape index (κ1) is 12.9. The minimum Gasteiger partial charge on any atom is -0.459 e. The third-order valence-electron chi connectivity index (χ3n) is 2.44. The fraction of sp³-hybridized carbons (Fsp3) is 0.250. The number of rotatable bonds is 4. The van der Waals surface area contributed by atoms with Gasteiger partial charge in [0.1, 0.15) is 5.82 Å². The number of anilines is 1. The lowest BCUT2D eigenvalue weighted by Crippen LogP contribution is -2.23. The third-order valence-corrected chi connectivity index (χ3v) is 2.44. The van der Waals surface area contributed by atoms with Gasteiger partial charge in [0.25, 0.3) is 11.8 Å². The highest BCUT2D eigenvalue weighted by Gasteiger charge is 2.15. The first-order chi connectivity index (χ1) is 9.11. The Balaban J connectivity index is 2.13. The molecule has 2 amide bonds. The Morgan fingerprint density at radius 2 is 2.21 bits per heavy atom. The van der Waals surface area contributed by atoms with Crippen LogP contribution in [0, 0.1) is 0 Å². The van der Waals surface area contributed by atoms with Crippen molar-refractivity contribution in [2.24, 2.45) is 7.05 Å². The number of nitrogens with zero attached hydrogens (tertiary/aromatic N) is 2. The van der Waals surface area contributed by atoms with Gasteiger partial charge in [-0.05, 0) is 19.1 Å². The molecular weight excluding hydrogens is 248 g/mol. The molecule has 0 fully saturated rings. The van der Waals surface area contributed by atoms with Crippen molar-refractivity contribution in [1.29, 1.82) is 0 Å². The van der Waals surface area contributed by atoms with E-state index in [2.05, 4.69) is 15.7 Å². The molecule has 2 heterocycles. The zero-order valence-corrected chi connectivity index (χ0v) is 10.6. The molecule has 0 aliphatic carbocycles. The van der Waals surface area contributed by atoms with Gasteiger partial charge in [-0.2, -0.15) is 5.10 Å². The SMILES string of the molecule is CCNC(=O)c1cc(NC(=O)c2ccco2)n(C)n1. The van der Waals surface area contributed by atoms with Crippen LogP contribution in [0.4, 0.5) is 5.82 Å². The molecule has 2 aromatic heterocycles. The molecule has 0 bridgehead atoms. The lowest BCUT2D eigenvalue weighted by atomic mass is 10.3. The van der Waals surface area contributed by atoms with Crippen LogP contribution in [0.1, 0.15) is 28.0 Å². The molecule has 0 aliphatic rings. The number of hydrogen-bond acceptors (Lipinski definition) is 4. The first-order valence-electron chi connectivity index (χ1n) is 5.79. The minimum atomic E-state index is -0.393. The summed E-state index contributed by atoms with van der Waals surface area (Å²) in [6.07, 6.45) is 1.41. The van der Waals surface area contributed by atoms with Gasteiger partial charge in [-0.3, -0.25) is 14.3 Å². The van der Waals surface area contributed by atoms with E-state index in [9.17, 15) is 9.59 Å². The van der Waals surface area contributed by atoms with Crippen LogP contribution in [0.3, 0.4) is 0 Å². The summed E-state index contributed by atoms with van der Waals surface area (Å²) in [4.78, 5) is 23.4. The van der Waals surface area contributed by atoms with Gasteiger partial charge >= 0.3 is 0 Å². The third kappa shape index (κ3) is 2.82. The number of nitrogens with one attached hydrogen (secondary N) is 2. The van der Waals surface area contributed by atoms with E-state index >= 15 is 0 Å². The summed E-state index contributed by atoms with van der Waals surface area (Å²) < 4.78 is 6.40. The summed E-state index contributed by atoms with van der Waals surface area (Å²) in [7, 11) is 1.64. The van der Waals surface area contributed by atoms with Gasteiger partial charge in [-0.25, -0.2) is 0 Å². The smallest absolute Gasteiger partial charge is 0.292 e. The van der Waals surface area contributed by atoms with Gasteiger partial charge in [0, 0.05) is 19.7 Å². The Morgan fingerprint density at radius 1 is 1.42 bits per heavy atom. The summed E-state index contributed by atoms with van der Waals surface area (Å²) >= 11 is 0. The largest absolute Gasteiger partial charge is 0.459 e. The lowest BCUT2D eigenvalue weighted by molar-refractivity contribution is 0.0949. The van der Waals surface area contributed by atoms with Gasteiger partial charge in [-0.15, -0.1) is 0 Å². The van der Waals surface area contributed by atoms with Gasteiger partial charge in [0.2, 0.25) is 0 Å². The van der Waals surface area contributed by atoms with E-state index in [4.69, 9.17) is 4.42 Å². The van der Waals surface area contributed by atoms with Crippen LogP contribution in [-0.4, -0.2) is 28.1 Å². The normalized spacial score (nSPS) is 10.2. The van der Waals surface area contributed by atoms with Crippen molar-refractivity contribution < 1.29 is 14.0 Å². The van der Waals surface area contributed by atoms with E-state index in [1.165, 1.54) is 17.0 Å². The molecule has 0 unspecified atom stereocenters. The Morgan fingerprint density at radius 3 is 2.84 bits per heavy atom. The van der Waals surface area contributed by atoms with Gasteiger partial charge in [0.15, 0.2) is 11.5 Å². The number of carbonyl (C=O) groups excluding carboxylic acids is 2. The molecule has 0 saturated carbocycles. The maximum atomic E-state index is 11.8. The quantitative estimate of drug-likeness (QED) is 0.860. The Labute approximate surface area is 109 Å². The second kappa shape index (κ2) is 5.38. The molecule has 0 aromatic carbocycles. The molecule has 0 spiro atoms. The summed E-state index contributed by atoms with van der Waals surface area (Å²) in [6, 6.07) is 4.68. The molecule has 0 saturated heterocycles. The van der Waals surface area contributed by atoms with Crippen LogP contribution in [0.25, 0.3) is 0 Å². The lowest BCUT2D eigenvalue weighted by Gasteiger charge is -2.01. The highest BCUT2D eigenvalue weighted by molar-refractivity contribution is 6.02. The van der Waals surface area contributed by atoms with E-state index in [1.807, 2.05) is 6.92 Å². The highest BCUT2D eigenvalue weighted by Crippen LogP contribution is 2.11. The van der Waals surface area contributed by atoms with Crippen LogP contribution in [0.2, 0.25) is 0 Å². The molecule has 19 heavy (non-hydrogen) atoms. The molecule has 2 aromatic rings. The van der Waals surface area contributed by atoms with Gasteiger partial charge in [-0.1, -0.05) is 0 Å². The molecule has 0 radical (unpaired) electrons. The molecule has 7 nitrogen and oxygen atoms in total. The zero-order chi connectivity index (χ0) is 13.8. The average Bonchev–Trinajstić information content (AvgIpc) is 3.00. The summed E-state index contributed by atoms with van der Waals surface area (Å²) in [5, 5.41) is 9.28. The van der Waals surface area contributed by atoms with Crippen LogP contribution in [0.15, 0.2) is 28.9 Å². The fourth-order valence-corrected chi connectivity index (χ4v) is 1.53. The standard InChI is InChI=1S/C12H14N4O3/c1-3-13-11(17)8-7-10(16(2)15-8)14-12(18)9-5-4-6-19-9/h4-7H,3H2,1-2H3,(H,13,17)(H,14,18).